The predicted molar refractivity (Wildman–Crippen MR) is 101 cm³/mol. The minimum absolute atomic E-state index is 0.613. The van der Waals surface area contributed by atoms with Crippen molar-refractivity contribution in [3.8, 4) is 11.5 Å². The average Bonchev–Trinajstić information content (AvgIpc) is 2.61. The number of ether oxygens (including phenoxy) is 2. The van der Waals surface area contributed by atoms with Crippen molar-refractivity contribution in [1.29, 1.82) is 0 Å². The lowest BCUT2D eigenvalue weighted by atomic mass is 10.1. The van der Waals surface area contributed by atoms with Crippen LogP contribution in [0.1, 0.15) is 58.3 Å². The Labute approximate surface area is 145 Å². The third-order valence-electron chi connectivity index (χ3n) is 4.30. The molecule has 0 aliphatic carbocycles. The first-order chi connectivity index (χ1) is 11.8. The van der Waals surface area contributed by atoms with Crippen LogP contribution in [-0.4, -0.2) is 18.7 Å². The summed E-state index contributed by atoms with van der Waals surface area (Å²) >= 11 is 0. The highest BCUT2D eigenvalue weighted by Crippen LogP contribution is 2.38. The van der Waals surface area contributed by atoms with Crippen LogP contribution in [0, 0.1) is 0 Å². The van der Waals surface area contributed by atoms with Crippen LogP contribution in [0.3, 0.4) is 0 Å². The molecule has 2 aromatic rings. The van der Waals surface area contributed by atoms with Crippen LogP contribution in [0.15, 0.2) is 24.4 Å². The first kappa shape index (κ1) is 18.4. The maximum atomic E-state index is 6.05. The molecule has 24 heavy (non-hydrogen) atoms. The van der Waals surface area contributed by atoms with Crippen LogP contribution in [-0.2, 0) is 0 Å². The smallest absolute Gasteiger partial charge is 0.170 e. The highest BCUT2D eigenvalue weighted by atomic mass is 16.5. The molecule has 1 heterocycles. The minimum Gasteiger partial charge on any atom is -0.493 e. The summed E-state index contributed by atoms with van der Waals surface area (Å²) in [4.78, 5) is 4.35. The van der Waals surface area contributed by atoms with E-state index in [4.69, 9.17) is 15.2 Å². The monoisotopic (exact) mass is 330 g/mol. The normalized spacial score (nSPS) is 10.9. The molecule has 0 aliphatic rings. The zero-order valence-electron chi connectivity index (χ0n) is 15.0. The molecule has 0 saturated heterocycles. The summed E-state index contributed by atoms with van der Waals surface area (Å²) in [5.41, 5.74) is 7.43. The summed E-state index contributed by atoms with van der Waals surface area (Å²) in [6, 6.07) is 5.66. The number of benzene rings is 1. The lowest BCUT2D eigenvalue weighted by Crippen LogP contribution is -2.02. The predicted octanol–water partition coefficient (Wildman–Crippen LogP) is 5.35. The van der Waals surface area contributed by atoms with Gasteiger partial charge < -0.3 is 15.2 Å². The van der Waals surface area contributed by atoms with Crippen LogP contribution >= 0.6 is 0 Å². The van der Waals surface area contributed by atoms with Gasteiger partial charge >= 0.3 is 0 Å². The molecule has 0 aliphatic heterocycles. The van der Waals surface area contributed by atoms with Gasteiger partial charge in [0.05, 0.1) is 24.9 Å². The number of anilines is 1. The molecule has 0 fully saturated rings. The van der Waals surface area contributed by atoms with E-state index in [1.807, 2.05) is 12.1 Å². The molecule has 0 radical (unpaired) electrons. The summed E-state index contributed by atoms with van der Waals surface area (Å²) in [5, 5.41) is 0.911. The molecule has 4 heteroatoms. The Balaban J connectivity index is 1.85. The molecule has 1 aromatic carbocycles. The van der Waals surface area contributed by atoms with E-state index in [2.05, 4.69) is 11.9 Å². The number of aromatic nitrogens is 1. The van der Waals surface area contributed by atoms with Gasteiger partial charge in [0.1, 0.15) is 0 Å². The molecule has 2 N–H and O–H groups in total. The van der Waals surface area contributed by atoms with Crippen LogP contribution in [0.5, 0.6) is 11.5 Å². The van der Waals surface area contributed by atoms with Crippen LogP contribution in [0.4, 0.5) is 5.69 Å². The summed E-state index contributed by atoms with van der Waals surface area (Å²) in [6.07, 6.45) is 12.0. The Hall–Kier alpha value is -1.97. The summed E-state index contributed by atoms with van der Waals surface area (Å²) in [7, 11) is 1.64. The van der Waals surface area contributed by atoms with E-state index in [0.29, 0.717) is 18.0 Å². The van der Waals surface area contributed by atoms with Gasteiger partial charge in [0.2, 0.25) is 0 Å². The van der Waals surface area contributed by atoms with Gasteiger partial charge in [-0.05, 0) is 18.6 Å². The summed E-state index contributed by atoms with van der Waals surface area (Å²) in [6.45, 7) is 2.95. The number of pyridine rings is 1. The van der Waals surface area contributed by atoms with E-state index in [0.717, 1.165) is 23.1 Å². The second-order valence-electron chi connectivity index (χ2n) is 6.22. The van der Waals surface area contributed by atoms with Gasteiger partial charge in [-0.2, -0.15) is 0 Å². The molecule has 2 rings (SSSR count). The number of fused-ring (bicyclic) bond motifs is 1. The molecule has 0 bridgehead atoms. The van der Waals surface area contributed by atoms with Crippen molar-refractivity contribution in [2.24, 2.45) is 0 Å². The van der Waals surface area contributed by atoms with Crippen LogP contribution in [0.25, 0.3) is 10.9 Å². The number of rotatable bonds is 11. The van der Waals surface area contributed by atoms with Gasteiger partial charge in [0.25, 0.3) is 0 Å². The van der Waals surface area contributed by atoms with Crippen molar-refractivity contribution in [2.45, 2.75) is 58.3 Å². The Bertz CT molecular complexity index is 628. The molecule has 4 nitrogen and oxygen atoms in total. The number of nitrogens with zero attached hydrogens (tertiary/aromatic N) is 1. The van der Waals surface area contributed by atoms with Gasteiger partial charge in [-0.1, -0.05) is 51.9 Å². The van der Waals surface area contributed by atoms with Gasteiger partial charge in [-0.3, -0.25) is 4.98 Å². The lowest BCUT2D eigenvalue weighted by molar-refractivity contribution is 0.288. The zero-order chi connectivity index (χ0) is 17.2. The van der Waals surface area contributed by atoms with Crippen LogP contribution in [0.2, 0.25) is 0 Å². The van der Waals surface area contributed by atoms with E-state index in [1.165, 1.54) is 44.9 Å². The van der Waals surface area contributed by atoms with Crippen molar-refractivity contribution in [2.75, 3.05) is 19.5 Å². The molecular weight excluding hydrogens is 300 g/mol. The number of unbranched alkanes of at least 4 members (excludes halogenated alkanes) is 7. The maximum Gasteiger partial charge on any atom is 0.170 e. The number of hydrogen-bond acceptors (Lipinski definition) is 4. The van der Waals surface area contributed by atoms with Gasteiger partial charge in [0, 0.05) is 17.6 Å². The average molecular weight is 330 g/mol. The zero-order valence-corrected chi connectivity index (χ0v) is 15.0. The van der Waals surface area contributed by atoms with Crippen molar-refractivity contribution in [1.82, 2.24) is 4.98 Å². The fourth-order valence-corrected chi connectivity index (χ4v) is 2.94. The highest BCUT2D eigenvalue weighted by molar-refractivity contribution is 5.96. The van der Waals surface area contributed by atoms with Gasteiger partial charge in [0.15, 0.2) is 11.5 Å². The quantitative estimate of drug-likeness (QED) is 0.446. The summed E-state index contributed by atoms with van der Waals surface area (Å²) < 4.78 is 11.5. The molecule has 0 amide bonds. The van der Waals surface area contributed by atoms with E-state index in [1.54, 1.807) is 19.4 Å². The number of nitrogens with two attached hydrogens (primary N) is 1. The van der Waals surface area contributed by atoms with Gasteiger partial charge in [-0.15, -0.1) is 0 Å². The first-order valence-corrected chi connectivity index (χ1v) is 9.12. The Morgan fingerprint density at radius 1 is 1.04 bits per heavy atom. The standard InChI is InChI=1S/C20H30N2O2/c1-3-4-5-6-7-8-9-10-14-24-20-16-12-11-13-22-19(16)17(21)15-18(20)23-2/h11-13,15H,3-10,14,21H2,1-2H3. The molecule has 0 saturated carbocycles. The maximum absolute atomic E-state index is 6.05. The fourth-order valence-electron chi connectivity index (χ4n) is 2.94. The number of nitrogen functional groups attached to an aromatic ring is 1. The Morgan fingerprint density at radius 3 is 2.46 bits per heavy atom. The van der Waals surface area contributed by atoms with E-state index in [9.17, 15) is 0 Å². The molecule has 1 aromatic heterocycles. The fraction of sp³-hybridized carbons (Fsp3) is 0.550. The lowest BCUT2D eigenvalue weighted by Gasteiger charge is -2.14. The van der Waals surface area contributed by atoms with Crippen molar-refractivity contribution >= 4 is 16.6 Å². The number of methoxy groups -OCH3 is 1. The van der Waals surface area contributed by atoms with Crippen LogP contribution < -0.4 is 15.2 Å². The van der Waals surface area contributed by atoms with E-state index < -0.39 is 0 Å². The molecule has 132 valence electrons. The van der Waals surface area contributed by atoms with Crippen molar-refractivity contribution in [3.05, 3.63) is 24.4 Å². The van der Waals surface area contributed by atoms with Gasteiger partial charge in [-0.25, -0.2) is 0 Å². The molecular formula is C20H30N2O2. The third kappa shape index (κ3) is 5.02. The largest absolute Gasteiger partial charge is 0.493 e. The third-order valence-corrected chi connectivity index (χ3v) is 4.30. The second-order valence-corrected chi connectivity index (χ2v) is 6.22. The number of hydrogen-bond donors (Lipinski definition) is 1. The molecule has 0 atom stereocenters. The Morgan fingerprint density at radius 2 is 1.75 bits per heavy atom. The Kier molecular flexibility index (Phi) is 7.66. The topological polar surface area (TPSA) is 57.4 Å². The first-order valence-electron chi connectivity index (χ1n) is 9.12. The molecule has 0 unspecified atom stereocenters. The van der Waals surface area contributed by atoms with Crippen molar-refractivity contribution in [3.63, 3.8) is 0 Å². The van der Waals surface area contributed by atoms with E-state index in [-0.39, 0.29) is 0 Å². The van der Waals surface area contributed by atoms with E-state index >= 15 is 0 Å². The van der Waals surface area contributed by atoms with Crippen molar-refractivity contribution < 1.29 is 9.47 Å². The minimum atomic E-state index is 0.613. The second kappa shape index (κ2) is 10.0. The highest BCUT2D eigenvalue weighted by Gasteiger charge is 2.13. The SMILES string of the molecule is CCCCCCCCCCOc1c(OC)cc(N)c2ncccc12. The molecule has 0 spiro atoms. The summed E-state index contributed by atoms with van der Waals surface area (Å²) in [5.74, 6) is 1.42.